The zero-order valence-corrected chi connectivity index (χ0v) is 16.7. The molecule has 1 aliphatic heterocycles. The van der Waals surface area contributed by atoms with Gasteiger partial charge in [0.2, 0.25) is 0 Å². The Kier molecular flexibility index (Phi) is 5.54. The fourth-order valence-corrected chi connectivity index (χ4v) is 4.08. The molecule has 1 N–H and O–H groups in total. The smallest absolute Gasteiger partial charge is 0.273 e. The average molecular weight is 384 g/mol. The Bertz CT molecular complexity index is 795. The summed E-state index contributed by atoms with van der Waals surface area (Å²) in [5.41, 5.74) is 1.41. The van der Waals surface area contributed by atoms with E-state index in [4.69, 9.17) is 0 Å². The second-order valence-electron chi connectivity index (χ2n) is 8.25. The van der Waals surface area contributed by atoms with E-state index in [1.165, 1.54) is 12.8 Å². The third kappa shape index (κ3) is 4.15. The Morgan fingerprint density at radius 1 is 1.11 bits per heavy atom. The maximum atomic E-state index is 12.4. The van der Waals surface area contributed by atoms with Gasteiger partial charge in [-0.15, -0.1) is 10.2 Å². The summed E-state index contributed by atoms with van der Waals surface area (Å²) in [6.45, 7) is 5.98. The number of hydrogen-bond acceptors (Lipinski definition) is 6. The second kappa shape index (κ2) is 8.24. The Labute approximate surface area is 165 Å². The Balaban J connectivity index is 1.40. The molecule has 0 spiro atoms. The molecule has 150 valence electrons. The molecule has 2 aromatic rings. The van der Waals surface area contributed by atoms with Gasteiger partial charge in [0.15, 0.2) is 11.5 Å². The van der Waals surface area contributed by atoms with Crippen molar-refractivity contribution in [2.45, 2.75) is 70.4 Å². The summed E-state index contributed by atoms with van der Waals surface area (Å²) in [4.78, 5) is 14.7. The first-order valence-electron chi connectivity index (χ1n) is 10.4. The summed E-state index contributed by atoms with van der Waals surface area (Å²) in [6, 6.07) is 4.57. The quantitative estimate of drug-likeness (QED) is 0.854. The summed E-state index contributed by atoms with van der Waals surface area (Å²) < 4.78 is 1.84. The maximum Gasteiger partial charge on any atom is 0.273 e. The first-order valence-corrected chi connectivity index (χ1v) is 10.4. The van der Waals surface area contributed by atoms with E-state index >= 15 is 0 Å². The summed E-state index contributed by atoms with van der Waals surface area (Å²) in [6.07, 6.45) is 8.35. The van der Waals surface area contributed by atoms with Gasteiger partial charge >= 0.3 is 0 Å². The molecule has 28 heavy (non-hydrogen) atoms. The highest BCUT2D eigenvalue weighted by atomic mass is 16.2. The van der Waals surface area contributed by atoms with Gasteiger partial charge in [0.05, 0.1) is 17.9 Å². The number of amides is 1. The van der Waals surface area contributed by atoms with Gasteiger partial charge in [-0.25, -0.2) is 4.68 Å². The van der Waals surface area contributed by atoms with Crippen LogP contribution in [-0.2, 0) is 0 Å². The van der Waals surface area contributed by atoms with Crippen LogP contribution in [-0.4, -0.2) is 50.2 Å². The molecule has 1 aliphatic carbocycles. The molecular formula is C20H29N7O. The van der Waals surface area contributed by atoms with Crippen LogP contribution in [0.2, 0.25) is 0 Å². The highest BCUT2D eigenvalue weighted by molar-refractivity contribution is 5.92. The van der Waals surface area contributed by atoms with E-state index in [0.29, 0.717) is 11.6 Å². The fraction of sp³-hybridized carbons (Fsp3) is 0.650. The standard InChI is InChI=1S/C20H29N7O/c1-14(2)17-9-10-19(24-22-17)26-11-5-8-16(12-26)27-13-18(23-25-27)20(28)21-15-6-3-4-7-15/h9-10,13-16H,3-8,11-12H2,1-2H3,(H,21,28)/t16-/m1/s1. The number of aromatic nitrogens is 5. The molecule has 1 saturated carbocycles. The lowest BCUT2D eigenvalue weighted by Gasteiger charge is -2.33. The van der Waals surface area contributed by atoms with Crippen molar-refractivity contribution >= 4 is 11.7 Å². The van der Waals surface area contributed by atoms with Gasteiger partial charge in [0.1, 0.15) is 0 Å². The van der Waals surface area contributed by atoms with Crippen LogP contribution < -0.4 is 10.2 Å². The molecule has 8 heteroatoms. The molecule has 4 rings (SSSR count). The highest BCUT2D eigenvalue weighted by Gasteiger charge is 2.25. The van der Waals surface area contributed by atoms with E-state index in [1.54, 1.807) is 6.20 Å². The Morgan fingerprint density at radius 3 is 2.64 bits per heavy atom. The first-order chi connectivity index (χ1) is 13.6. The minimum absolute atomic E-state index is 0.110. The molecule has 2 aliphatic rings. The van der Waals surface area contributed by atoms with Crippen molar-refractivity contribution in [1.29, 1.82) is 0 Å². The van der Waals surface area contributed by atoms with Gasteiger partial charge in [0.25, 0.3) is 5.91 Å². The number of piperidine rings is 1. The van der Waals surface area contributed by atoms with Crippen molar-refractivity contribution < 1.29 is 4.79 Å². The van der Waals surface area contributed by atoms with E-state index in [1.807, 2.05) is 10.7 Å². The van der Waals surface area contributed by atoms with Crippen LogP contribution in [0.1, 0.15) is 80.5 Å². The fourth-order valence-electron chi connectivity index (χ4n) is 4.08. The molecule has 1 saturated heterocycles. The minimum atomic E-state index is -0.110. The van der Waals surface area contributed by atoms with E-state index in [2.05, 4.69) is 50.6 Å². The molecule has 2 fully saturated rings. The number of anilines is 1. The van der Waals surface area contributed by atoms with Crippen molar-refractivity contribution in [2.75, 3.05) is 18.0 Å². The van der Waals surface area contributed by atoms with Crippen LogP contribution in [0.25, 0.3) is 0 Å². The summed E-state index contributed by atoms with van der Waals surface area (Å²) >= 11 is 0. The van der Waals surface area contributed by atoms with Gasteiger partial charge in [-0.3, -0.25) is 4.79 Å². The normalized spacial score (nSPS) is 20.7. The molecule has 0 bridgehead atoms. The van der Waals surface area contributed by atoms with Crippen LogP contribution in [0.4, 0.5) is 5.82 Å². The van der Waals surface area contributed by atoms with Gasteiger partial charge < -0.3 is 10.2 Å². The zero-order chi connectivity index (χ0) is 19.5. The molecule has 0 aromatic carbocycles. The van der Waals surface area contributed by atoms with Crippen LogP contribution in [0.15, 0.2) is 18.3 Å². The highest BCUT2D eigenvalue weighted by Crippen LogP contribution is 2.25. The summed E-state index contributed by atoms with van der Waals surface area (Å²) in [7, 11) is 0. The number of rotatable bonds is 5. The molecular weight excluding hydrogens is 354 g/mol. The topological polar surface area (TPSA) is 88.8 Å². The van der Waals surface area contributed by atoms with Crippen molar-refractivity contribution in [2.24, 2.45) is 0 Å². The van der Waals surface area contributed by atoms with E-state index in [0.717, 1.165) is 50.3 Å². The summed E-state index contributed by atoms with van der Waals surface area (Å²) in [5, 5.41) is 20.2. The molecule has 1 atom stereocenters. The van der Waals surface area contributed by atoms with Crippen molar-refractivity contribution in [3.05, 3.63) is 29.7 Å². The van der Waals surface area contributed by atoms with Crippen molar-refractivity contribution in [1.82, 2.24) is 30.5 Å². The molecule has 2 aromatic heterocycles. The third-order valence-electron chi connectivity index (χ3n) is 5.79. The lowest BCUT2D eigenvalue weighted by atomic mass is 10.1. The Hall–Kier alpha value is -2.51. The van der Waals surface area contributed by atoms with Crippen LogP contribution in [0.3, 0.4) is 0 Å². The van der Waals surface area contributed by atoms with Crippen LogP contribution in [0.5, 0.6) is 0 Å². The lowest BCUT2D eigenvalue weighted by molar-refractivity contribution is 0.0932. The number of hydrogen-bond donors (Lipinski definition) is 1. The Morgan fingerprint density at radius 2 is 1.93 bits per heavy atom. The van der Waals surface area contributed by atoms with Crippen molar-refractivity contribution in [3.63, 3.8) is 0 Å². The second-order valence-corrected chi connectivity index (χ2v) is 8.25. The molecule has 3 heterocycles. The third-order valence-corrected chi connectivity index (χ3v) is 5.79. The maximum absolute atomic E-state index is 12.4. The number of nitrogens with one attached hydrogen (secondary N) is 1. The number of carbonyl (C=O) groups excluding carboxylic acids is 1. The van der Waals surface area contributed by atoms with Gasteiger partial charge in [-0.2, -0.15) is 5.10 Å². The zero-order valence-electron chi connectivity index (χ0n) is 16.7. The first kappa shape index (κ1) is 18.8. The average Bonchev–Trinajstić information content (AvgIpc) is 3.40. The predicted octanol–water partition coefficient (Wildman–Crippen LogP) is 2.71. The summed E-state index contributed by atoms with van der Waals surface area (Å²) in [5.74, 6) is 1.16. The van der Waals surface area contributed by atoms with Gasteiger partial charge in [0, 0.05) is 19.1 Å². The van der Waals surface area contributed by atoms with Crippen LogP contribution in [0, 0.1) is 0 Å². The molecule has 8 nitrogen and oxygen atoms in total. The number of nitrogens with zero attached hydrogens (tertiary/aromatic N) is 6. The monoisotopic (exact) mass is 383 g/mol. The van der Waals surface area contributed by atoms with Gasteiger partial charge in [-0.05, 0) is 43.7 Å². The van der Waals surface area contributed by atoms with Gasteiger partial charge in [-0.1, -0.05) is 31.9 Å². The molecule has 0 radical (unpaired) electrons. The SMILES string of the molecule is CC(C)c1ccc(N2CCC[C@@H](n3cc(C(=O)NC4CCCC4)nn3)C2)nn1. The van der Waals surface area contributed by atoms with Crippen molar-refractivity contribution in [3.8, 4) is 0 Å². The van der Waals surface area contributed by atoms with E-state index in [-0.39, 0.29) is 18.0 Å². The largest absolute Gasteiger partial charge is 0.353 e. The van der Waals surface area contributed by atoms with E-state index in [9.17, 15) is 4.79 Å². The predicted molar refractivity (Wildman–Crippen MR) is 106 cm³/mol. The number of carbonyl (C=O) groups is 1. The molecule has 1 amide bonds. The minimum Gasteiger partial charge on any atom is -0.353 e. The lowest BCUT2D eigenvalue weighted by Crippen LogP contribution is -2.37. The van der Waals surface area contributed by atoms with E-state index < -0.39 is 0 Å². The van der Waals surface area contributed by atoms with Crippen LogP contribution >= 0.6 is 0 Å². The molecule has 0 unspecified atom stereocenters.